The summed E-state index contributed by atoms with van der Waals surface area (Å²) in [6.07, 6.45) is 2.17. The molecule has 0 amide bonds. The van der Waals surface area contributed by atoms with Gasteiger partial charge in [-0.3, -0.25) is 0 Å². The van der Waals surface area contributed by atoms with E-state index in [0.717, 1.165) is 12.8 Å². The van der Waals surface area contributed by atoms with Crippen LogP contribution in [0.5, 0.6) is 5.75 Å². The van der Waals surface area contributed by atoms with Crippen LogP contribution in [0.4, 0.5) is 0 Å². The molecule has 112 valence electrons. The van der Waals surface area contributed by atoms with E-state index in [9.17, 15) is 8.42 Å². The molecule has 1 fully saturated rings. The van der Waals surface area contributed by atoms with Crippen molar-refractivity contribution in [2.45, 2.75) is 23.6 Å². The Morgan fingerprint density at radius 1 is 1.40 bits per heavy atom. The van der Waals surface area contributed by atoms with Crippen molar-refractivity contribution < 1.29 is 13.2 Å². The molecule has 0 unspecified atom stereocenters. The molecule has 1 aliphatic rings. The van der Waals surface area contributed by atoms with Crippen molar-refractivity contribution in [1.29, 1.82) is 0 Å². The number of halogens is 2. The molecule has 2 rings (SSSR count). The van der Waals surface area contributed by atoms with Crippen LogP contribution in [-0.4, -0.2) is 33.4 Å². The molecule has 0 atom stereocenters. The summed E-state index contributed by atoms with van der Waals surface area (Å²) in [7, 11) is -0.619. The highest BCUT2D eigenvalue weighted by Crippen LogP contribution is 2.36. The van der Waals surface area contributed by atoms with E-state index in [4.69, 9.17) is 27.9 Å². The molecule has 1 aliphatic carbocycles. The first kappa shape index (κ1) is 15.9. The second-order valence-electron chi connectivity index (χ2n) is 4.96. The van der Waals surface area contributed by atoms with Crippen LogP contribution in [0.3, 0.4) is 0 Å². The molecular formula is C13H17Cl2NO3S. The van der Waals surface area contributed by atoms with Gasteiger partial charge in [0.25, 0.3) is 0 Å². The van der Waals surface area contributed by atoms with Crippen molar-refractivity contribution in [2.75, 3.05) is 20.7 Å². The normalized spacial score (nSPS) is 15.7. The third kappa shape index (κ3) is 3.22. The van der Waals surface area contributed by atoms with Crippen LogP contribution in [0, 0.1) is 5.92 Å². The van der Waals surface area contributed by atoms with E-state index >= 15 is 0 Å². The fourth-order valence-corrected chi connectivity index (χ4v) is 4.05. The second kappa shape index (κ2) is 6.10. The first-order chi connectivity index (χ1) is 9.40. The van der Waals surface area contributed by atoms with E-state index in [-0.39, 0.29) is 16.5 Å². The quantitative estimate of drug-likeness (QED) is 0.749. The van der Waals surface area contributed by atoms with Gasteiger partial charge in [0.1, 0.15) is 10.6 Å². The number of sulfonamides is 1. The molecule has 0 aromatic heterocycles. The number of rotatable bonds is 6. The predicted octanol–water partition coefficient (Wildman–Crippen LogP) is 3.12. The van der Waals surface area contributed by atoms with E-state index in [1.165, 1.54) is 17.5 Å². The predicted molar refractivity (Wildman–Crippen MR) is 80.1 cm³/mol. The van der Waals surface area contributed by atoms with E-state index < -0.39 is 10.0 Å². The molecule has 0 bridgehead atoms. The summed E-state index contributed by atoms with van der Waals surface area (Å²) in [4.78, 5) is 0.0753. The van der Waals surface area contributed by atoms with Gasteiger partial charge < -0.3 is 4.74 Å². The SMILES string of the molecule is COc1c(CCl)cc(Cl)cc1S(=O)(=O)N(C)CC1CC1. The number of hydrogen-bond acceptors (Lipinski definition) is 3. The molecule has 20 heavy (non-hydrogen) atoms. The van der Waals surface area contributed by atoms with Gasteiger partial charge in [0, 0.05) is 24.2 Å². The summed E-state index contributed by atoms with van der Waals surface area (Å²) >= 11 is 11.8. The van der Waals surface area contributed by atoms with E-state index in [1.807, 2.05) is 0 Å². The Hall–Kier alpha value is -0.490. The third-order valence-corrected chi connectivity index (χ3v) is 5.68. The second-order valence-corrected chi connectivity index (χ2v) is 7.68. The summed E-state index contributed by atoms with van der Waals surface area (Å²) in [5.74, 6) is 0.873. The molecule has 0 N–H and O–H groups in total. The van der Waals surface area contributed by atoms with Gasteiger partial charge in [0.05, 0.1) is 13.0 Å². The summed E-state index contributed by atoms with van der Waals surface area (Å²) < 4.78 is 31.9. The molecule has 0 spiro atoms. The van der Waals surface area contributed by atoms with Crippen molar-refractivity contribution in [1.82, 2.24) is 4.31 Å². The van der Waals surface area contributed by atoms with Crippen molar-refractivity contribution in [3.05, 3.63) is 22.7 Å². The maximum atomic E-state index is 12.6. The Morgan fingerprint density at radius 3 is 2.55 bits per heavy atom. The molecule has 1 aromatic carbocycles. The molecule has 4 nitrogen and oxygen atoms in total. The van der Waals surface area contributed by atoms with Crippen LogP contribution in [0.2, 0.25) is 5.02 Å². The lowest BCUT2D eigenvalue weighted by Crippen LogP contribution is -2.29. The highest BCUT2D eigenvalue weighted by Gasteiger charge is 2.31. The van der Waals surface area contributed by atoms with Crippen molar-refractivity contribution in [2.24, 2.45) is 5.92 Å². The van der Waals surface area contributed by atoms with E-state index in [0.29, 0.717) is 23.0 Å². The van der Waals surface area contributed by atoms with Crippen molar-refractivity contribution in [3.63, 3.8) is 0 Å². The number of alkyl halides is 1. The van der Waals surface area contributed by atoms with Gasteiger partial charge in [-0.15, -0.1) is 11.6 Å². The van der Waals surface area contributed by atoms with Crippen LogP contribution in [0.1, 0.15) is 18.4 Å². The molecular weight excluding hydrogens is 321 g/mol. The number of ether oxygens (including phenoxy) is 1. The highest BCUT2D eigenvalue weighted by atomic mass is 35.5. The summed E-state index contributed by atoms with van der Waals surface area (Å²) in [5, 5.41) is 0.333. The van der Waals surface area contributed by atoms with Crippen molar-refractivity contribution in [3.8, 4) is 5.75 Å². The average molecular weight is 338 g/mol. The maximum absolute atomic E-state index is 12.6. The largest absolute Gasteiger partial charge is 0.495 e. The standard InChI is InChI=1S/C13H17Cl2NO3S/c1-16(8-9-3-4-9)20(17,18)12-6-11(15)5-10(7-14)13(12)19-2/h5-6,9H,3-4,7-8H2,1-2H3. The topological polar surface area (TPSA) is 46.6 Å². The Labute approximate surface area is 129 Å². The summed E-state index contributed by atoms with van der Waals surface area (Å²) in [6, 6.07) is 3.03. The van der Waals surface area contributed by atoms with Crippen LogP contribution in [0.25, 0.3) is 0 Å². The Balaban J connectivity index is 2.46. The van der Waals surface area contributed by atoms with Crippen LogP contribution in [-0.2, 0) is 15.9 Å². The molecule has 7 heteroatoms. The number of benzene rings is 1. The molecule has 0 heterocycles. The maximum Gasteiger partial charge on any atom is 0.246 e. The first-order valence-electron chi connectivity index (χ1n) is 6.29. The Morgan fingerprint density at radius 2 is 2.05 bits per heavy atom. The summed E-state index contributed by atoms with van der Waals surface area (Å²) in [5.41, 5.74) is 0.570. The lowest BCUT2D eigenvalue weighted by atomic mass is 10.2. The van der Waals surface area contributed by atoms with E-state index in [1.54, 1.807) is 13.1 Å². The van der Waals surface area contributed by atoms with Gasteiger partial charge in [0.2, 0.25) is 10.0 Å². The molecule has 0 aliphatic heterocycles. The van der Waals surface area contributed by atoms with Crippen LogP contribution < -0.4 is 4.74 Å². The lowest BCUT2D eigenvalue weighted by Gasteiger charge is -2.20. The fraction of sp³-hybridized carbons (Fsp3) is 0.538. The van der Waals surface area contributed by atoms with Gasteiger partial charge in [0.15, 0.2) is 0 Å². The zero-order chi connectivity index (χ0) is 14.9. The van der Waals surface area contributed by atoms with Gasteiger partial charge in [-0.05, 0) is 30.9 Å². The zero-order valence-electron chi connectivity index (χ0n) is 11.4. The van der Waals surface area contributed by atoms with Gasteiger partial charge in [-0.2, -0.15) is 0 Å². The summed E-state index contributed by atoms with van der Waals surface area (Å²) in [6.45, 7) is 0.522. The number of hydrogen-bond donors (Lipinski definition) is 0. The minimum atomic E-state index is -3.63. The van der Waals surface area contributed by atoms with Crippen molar-refractivity contribution >= 4 is 33.2 Å². The Kier molecular flexibility index (Phi) is 4.84. The number of methoxy groups -OCH3 is 1. The van der Waals surface area contributed by atoms with Gasteiger partial charge in [-0.25, -0.2) is 12.7 Å². The smallest absolute Gasteiger partial charge is 0.246 e. The minimum absolute atomic E-state index is 0.0753. The van der Waals surface area contributed by atoms with Crippen LogP contribution in [0.15, 0.2) is 17.0 Å². The number of nitrogens with zero attached hydrogens (tertiary/aromatic N) is 1. The zero-order valence-corrected chi connectivity index (χ0v) is 13.7. The monoisotopic (exact) mass is 337 g/mol. The molecule has 1 aromatic rings. The Bertz CT molecular complexity index is 600. The minimum Gasteiger partial charge on any atom is -0.495 e. The third-order valence-electron chi connectivity index (χ3n) is 3.35. The lowest BCUT2D eigenvalue weighted by molar-refractivity contribution is 0.393. The van der Waals surface area contributed by atoms with Crippen LogP contribution >= 0.6 is 23.2 Å². The highest BCUT2D eigenvalue weighted by molar-refractivity contribution is 7.89. The van der Waals surface area contributed by atoms with Gasteiger partial charge >= 0.3 is 0 Å². The molecule has 0 radical (unpaired) electrons. The molecule has 0 saturated heterocycles. The van der Waals surface area contributed by atoms with E-state index in [2.05, 4.69) is 0 Å². The fourth-order valence-electron chi connectivity index (χ4n) is 2.08. The average Bonchev–Trinajstić information content (AvgIpc) is 3.21. The van der Waals surface area contributed by atoms with Gasteiger partial charge in [-0.1, -0.05) is 11.6 Å². The first-order valence-corrected chi connectivity index (χ1v) is 8.64. The molecule has 1 saturated carbocycles.